The molecule has 0 aromatic heterocycles. The summed E-state index contributed by atoms with van der Waals surface area (Å²) < 4.78 is 0.723. The average Bonchev–Trinajstić information content (AvgIpc) is 2.43. The molecule has 2 aromatic rings. The van der Waals surface area contributed by atoms with E-state index < -0.39 is 0 Å². The van der Waals surface area contributed by atoms with Gasteiger partial charge in [-0.1, -0.05) is 36.0 Å². The number of amides is 1. The molecule has 0 radical (unpaired) electrons. The number of halogens is 2. The first-order chi connectivity index (χ1) is 9.47. The molecular formula is C14H10BrClN2OS. The van der Waals surface area contributed by atoms with Crippen molar-refractivity contribution in [1.29, 1.82) is 0 Å². The summed E-state index contributed by atoms with van der Waals surface area (Å²) in [5.41, 5.74) is 7.42. The quantitative estimate of drug-likeness (QED) is 0.804. The third-order valence-corrected chi connectivity index (χ3v) is 4.06. The molecule has 0 spiro atoms. The number of thiocarbonyl (C=S) groups is 1. The van der Waals surface area contributed by atoms with Gasteiger partial charge in [0.2, 0.25) is 0 Å². The van der Waals surface area contributed by atoms with Crippen molar-refractivity contribution in [3.8, 4) is 0 Å². The van der Waals surface area contributed by atoms with Crippen molar-refractivity contribution in [2.75, 3.05) is 5.32 Å². The summed E-state index contributed by atoms with van der Waals surface area (Å²) in [5.74, 6) is -0.214. The smallest absolute Gasteiger partial charge is 0.255 e. The van der Waals surface area contributed by atoms with E-state index in [0.717, 1.165) is 10.0 Å². The second-order valence-corrected chi connectivity index (χ2v) is 5.73. The molecule has 2 rings (SSSR count). The Kier molecular flexibility index (Phi) is 4.75. The van der Waals surface area contributed by atoms with Gasteiger partial charge in [0, 0.05) is 21.3 Å². The Morgan fingerprint density at radius 1 is 1.15 bits per heavy atom. The minimum absolute atomic E-state index is 0.214. The Labute approximate surface area is 135 Å². The van der Waals surface area contributed by atoms with E-state index in [-0.39, 0.29) is 5.91 Å². The van der Waals surface area contributed by atoms with Gasteiger partial charge in [0.1, 0.15) is 4.99 Å². The van der Waals surface area contributed by atoms with Crippen LogP contribution in [0.25, 0.3) is 0 Å². The van der Waals surface area contributed by atoms with Crippen LogP contribution in [0.15, 0.2) is 46.9 Å². The Morgan fingerprint density at radius 3 is 2.30 bits per heavy atom. The normalized spacial score (nSPS) is 10.1. The molecule has 3 nitrogen and oxygen atoms in total. The van der Waals surface area contributed by atoms with Crippen LogP contribution in [0, 0.1) is 0 Å². The number of nitrogens with two attached hydrogens (primary N) is 1. The first-order valence-corrected chi connectivity index (χ1v) is 7.21. The summed E-state index contributed by atoms with van der Waals surface area (Å²) in [4.78, 5) is 12.4. The molecule has 0 aliphatic rings. The highest BCUT2D eigenvalue weighted by Crippen LogP contribution is 2.25. The number of hydrogen-bond donors (Lipinski definition) is 2. The van der Waals surface area contributed by atoms with Crippen molar-refractivity contribution in [2.45, 2.75) is 0 Å². The van der Waals surface area contributed by atoms with Gasteiger partial charge in [0.05, 0.1) is 5.02 Å². The van der Waals surface area contributed by atoms with Crippen LogP contribution in [0.5, 0.6) is 0 Å². The molecule has 0 aliphatic carbocycles. The predicted octanol–water partition coefficient (Wildman–Crippen LogP) is 3.99. The lowest BCUT2D eigenvalue weighted by Gasteiger charge is -2.07. The molecule has 0 saturated carbocycles. The van der Waals surface area contributed by atoms with Gasteiger partial charge < -0.3 is 11.1 Å². The van der Waals surface area contributed by atoms with Gasteiger partial charge in [-0.2, -0.15) is 0 Å². The van der Waals surface area contributed by atoms with Crippen molar-refractivity contribution < 1.29 is 4.79 Å². The largest absolute Gasteiger partial charge is 0.389 e. The van der Waals surface area contributed by atoms with Crippen molar-refractivity contribution >= 4 is 56.3 Å². The molecule has 1 amide bonds. The lowest BCUT2D eigenvalue weighted by atomic mass is 10.1. The number of carbonyl (C=O) groups excluding carboxylic acids is 1. The van der Waals surface area contributed by atoms with E-state index in [1.807, 2.05) is 0 Å². The van der Waals surface area contributed by atoms with E-state index in [1.165, 1.54) is 0 Å². The maximum Gasteiger partial charge on any atom is 0.255 e. The van der Waals surface area contributed by atoms with E-state index in [4.69, 9.17) is 29.6 Å². The molecule has 2 aromatic carbocycles. The van der Waals surface area contributed by atoms with Crippen LogP contribution >= 0.6 is 39.7 Å². The zero-order valence-corrected chi connectivity index (χ0v) is 13.3. The highest BCUT2D eigenvalue weighted by atomic mass is 79.9. The maximum atomic E-state index is 12.1. The third kappa shape index (κ3) is 3.56. The fourth-order valence-corrected chi connectivity index (χ4v) is 2.20. The predicted molar refractivity (Wildman–Crippen MR) is 89.4 cm³/mol. The molecule has 0 fully saturated rings. The number of anilines is 1. The fraction of sp³-hybridized carbons (Fsp3) is 0. The van der Waals surface area contributed by atoms with Crippen LogP contribution in [0.4, 0.5) is 5.69 Å². The van der Waals surface area contributed by atoms with Crippen molar-refractivity contribution in [3.63, 3.8) is 0 Å². The number of carbonyl (C=O) groups is 1. The molecule has 6 heteroatoms. The standard InChI is InChI=1S/C14H10BrClN2OS/c15-11-7-10(5-6-12(11)16)18-14(19)9-3-1-8(2-4-9)13(17)20/h1-7H,(H2,17,20)(H,18,19). The Morgan fingerprint density at radius 2 is 1.75 bits per heavy atom. The first-order valence-electron chi connectivity index (χ1n) is 5.63. The van der Waals surface area contributed by atoms with Gasteiger partial charge in [0.15, 0.2) is 0 Å². The van der Waals surface area contributed by atoms with E-state index in [1.54, 1.807) is 42.5 Å². The Bertz CT molecular complexity index is 673. The Hall–Kier alpha value is -1.43. The zero-order chi connectivity index (χ0) is 14.7. The molecular weight excluding hydrogens is 360 g/mol. The van der Waals surface area contributed by atoms with Crippen LogP contribution in [0.3, 0.4) is 0 Å². The van der Waals surface area contributed by atoms with E-state index in [9.17, 15) is 4.79 Å². The van der Waals surface area contributed by atoms with Crippen LogP contribution in [0.1, 0.15) is 15.9 Å². The van der Waals surface area contributed by atoms with Gasteiger partial charge in [-0.25, -0.2) is 0 Å². The lowest BCUT2D eigenvalue weighted by molar-refractivity contribution is 0.102. The maximum absolute atomic E-state index is 12.1. The lowest BCUT2D eigenvalue weighted by Crippen LogP contribution is -2.13. The van der Waals surface area contributed by atoms with Crippen molar-refractivity contribution in [2.24, 2.45) is 5.73 Å². The molecule has 0 heterocycles. The summed E-state index contributed by atoms with van der Waals surface area (Å²) in [5, 5.41) is 3.37. The van der Waals surface area contributed by atoms with Crippen LogP contribution in [-0.2, 0) is 0 Å². The second-order valence-electron chi connectivity index (χ2n) is 4.02. The molecule has 3 N–H and O–H groups in total. The monoisotopic (exact) mass is 368 g/mol. The van der Waals surface area contributed by atoms with Crippen molar-refractivity contribution in [3.05, 3.63) is 63.1 Å². The molecule has 102 valence electrons. The summed E-state index contributed by atoms with van der Waals surface area (Å²) in [6.07, 6.45) is 0. The topological polar surface area (TPSA) is 55.1 Å². The molecule has 0 atom stereocenters. The van der Waals surface area contributed by atoms with Gasteiger partial charge in [-0.15, -0.1) is 0 Å². The van der Waals surface area contributed by atoms with Gasteiger partial charge in [-0.05, 0) is 46.3 Å². The number of nitrogens with one attached hydrogen (secondary N) is 1. The summed E-state index contributed by atoms with van der Waals surface area (Å²) in [6, 6.07) is 12.0. The molecule has 0 aliphatic heterocycles. The van der Waals surface area contributed by atoms with E-state index in [0.29, 0.717) is 21.3 Å². The third-order valence-electron chi connectivity index (χ3n) is 2.61. The average molecular weight is 370 g/mol. The van der Waals surface area contributed by atoms with Gasteiger partial charge in [0.25, 0.3) is 5.91 Å². The van der Waals surface area contributed by atoms with Gasteiger partial charge >= 0.3 is 0 Å². The van der Waals surface area contributed by atoms with Crippen molar-refractivity contribution in [1.82, 2.24) is 0 Å². The number of hydrogen-bond acceptors (Lipinski definition) is 2. The fourth-order valence-electron chi connectivity index (χ4n) is 1.56. The molecule has 0 bridgehead atoms. The van der Waals surface area contributed by atoms with E-state index >= 15 is 0 Å². The van der Waals surface area contributed by atoms with E-state index in [2.05, 4.69) is 21.2 Å². The summed E-state index contributed by atoms with van der Waals surface area (Å²) >= 11 is 14.1. The van der Waals surface area contributed by atoms with Gasteiger partial charge in [-0.3, -0.25) is 4.79 Å². The zero-order valence-electron chi connectivity index (χ0n) is 10.2. The molecule has 20 heavy (non-hydrogen) atoms. The minimum atomic E-state index is -0.214. The second kappa shape index (κ2) is 6.35. The first kappa shape index (κ1) is 15.0. The van der Waals surface area contributed by atoms with Crippen LogP contribution < -0.4 is 11.1 Å². The highest BCUT2D eigenvalue weighted by molar-refractivity contribution is 9.10. The SMILES string of the molecule is NC(=S)c1ccc(C(=O)Nc2ccc(Cl)c(Br)c2)cc1. The Balaban J connectivity index is 2.15. The highest BCUT2D eigenvalue weighted by Gasteiger charge is 2.07. The molecule has 0 unspecified atom stereocenters. The van der Waals surface area contributed by atoms with Crippen LogP contribution in [0.2, 0.25) is 5.02 Å². The summed E-state index contributed by atoms with van der Waals surface area (Å²) in [6.45, 7) is 0. The minimum Gasteiger partial charge on any atom is -0.389 e. The van der Waals surface area contributed by atoms with Crippen LogP contribution in [-0.4, -0.2) is 10.9 Å². The molecule has 0 saturated heterocycles. The number of rotatable bonds is 3. The summed E-state index contributed by atoms with van der Waals surface area (Å²) in [7, 11) is 0. The number of benzene rings is 2.